The summed E-state index contributed by atoms with van der Waals surface area (Å²) in [5.41, 5.74) is -0.558. The van der Waals surface area contributed by atoms with Crippen molar-refractivity contribution in [1.82, 2.24) is 10.2 Å². The Balaban J connectivity index is 2.18. The van der Waals surface area contributed by atoms with Gasteiger partial charge in [-0.2, -0.15) is 0 Å². The molecule has 26 heavy (non-hydrogen) atoms. The normalized spacial score (nSPS) is 27.6. The topological polar surface area (TPSA) is 67.9 Å². The molecule has 2 heterocycles. The Labute approximate surface area is 159 Å². The smallest absolute Gasteiger partial charge is 0.410 e. The summed E-state index contributed by atoms with van der Waals surface area (Å²) in [6, 6.07) is -0.151. The average molecular weight is 385 g/mol. The molecule has 0 saturated carbocycles. The lowest BCUT2D eigenvalue weighted by molar-refractivity contribution is -0.123. The Bertz CT molecular complexity index is 551. The summed E-state index contributed by atoms with van der Waals surface area (Å²) in [6.07, 6.45) is 1.07. The average Bonchev–Trinajstić information content (AvgIpc) is 3.01. The second-order valence-electron chi connectivity index (χ2n) is 10.1. The number of hydrogen-bond acceptors (Lipinski definition) is 4. The third-order valence-electron chi connectivity index (χ3n) is 5.76. The van der Waals surface area contributed by atoms with Crippen molar-refractivity contribution in [2.24, 2.45) is 5.92 Å². The molecule has 0 radical (unpaired) electrons. The van der Waals surface area contributed by atoms with Crippen LogP contribution < -0.4 is 5.32 Å². The van der Waals surface area contributed by atoms with Crippen molar-refractivity contribution in [1.29, 1.82) is 0 Å². The first-order chi connectivity index (χ1) is 11.7. The molecule has 2 saturated heterocycles. The summed E-state index contributed by atoms with van der Waals surface area (Å²) < 4.78 is 12.2. The molecule has 0 spiro atoms. The van der Waals surface area contributed by atoms with E-state index in [-0.39, 0.29) is 35.1 Å². The Morgan fingerprint density at radius 3 is 2.27 bits per heavy atom. The van der Waals surface area contributed by atoms with E-state index in [1.165, 1.54) is 0 Å². The Morgan fingerprint density at radius 1 is 1.19 bits per heavy atom. The van der Waals surface area contributed by atoms with E-state index in [1.54, 1.807) is 4.90 Å². The Morgan fingerprint density at radius 2 is 1.81 bits per heavy atom. The van der Waals surface area contributed by atoms with Crippen LogP contribution in [0.5, 0.6) is 0 Å². The predicted octanol–water partition coefficient (Wildman–Crippen LogP) is 3.52. The number of rotatable bonds is 3. The number of likely N-dealkylation sites (tertiary alicyclic amines) is 1. The maximum Gasteiger partial charge on any atom is 0.410 e. The van der Waals surface area contributed by atoms with Crippen molar-refractivity contribution in [3.8, 4) is 0 Å². The van der Waals surface area contributed by atoms with Crippen LogP contribution in [0.25, 0.3) is 0 Å². The monoisotopic (exact) mass is 384 g/mol. The minimum Gasteiger partial charge on any atom is -0.444 e. The third-order valence-corrected chi connectivity index (χ3v) is 10.3. The van der Waals surface area contributed by atoms with Gasteiger partial charge in [-0.3, -0.25) is 4.79 Å². The highest BCUT2D eigenvalue weighted by molar-refractivity contribution is 6.74. The molecule has 7 heteroatoms. The molecule has 2 fully saturated rings. The van der Waals surface area contributed by atoms with E-state index in [1.807, 2.05) is 20.8 Å². The molecule has 1 N–H and O–H groups in total. The highest BCUT2D eigenvalue weighted by atomic mass is 28.4. The fourth-order valence-corrected chi connectivity index (χ4v) is 4.75. The van der Waals surface area contributed by atoms with E-state index in [9.17, 15) is 9.59 Å². The van der Waals surface area contributed by atoms with Crippen LogP contribution in [0, 0.1) is 5.92 Å². The Hall–Kier alpha value is -1.08. The van der Waals surface area contributed by atoms with Crippen LogP contribution in [-0.4, -0.2) is 56.1 Å². The van der Waals surface area contributed by atoms with Crippen LogP contribution in [-0.2, 0) is 14.0 Å². The summed E-state index contributed by atoms with van der Waals surface area (Å²) in [7, 11) is -1.95. The van der Waals surface area contributed by atoms with Crippen LogP contribution in [0.2, 0.25) is 18.1 Å². The summed E-state index contributed by atoms with van der Waals surface area (Å²) in [5, 5.41) is 3.00. The molecule has 2 aliphatic rings. The lowest BCUT2D eigenvalue weighted by Gasteiger charge is -2.38. The quantitative estimate of drug-likeness (QED) is 0.756. The molecule has 0 aromatic heterocycles. The maximum absolute atomic E-state index is 12.8. The second kappa shape index (κ2) is 7.15. The predicted molar refractivity (Wildman–Crippen MR) is 105 cm³/mol. The zero-order valence-corrected chi connectivity index (χ0v) is 18.6. The molecule has 3 atom stereocenters. The number of nitrogens with zero attached hydrogens (tertiary/aromatic N) is 1. The van der Waals surface area contributed by atoms with Gasteiger partial charge in [0.05, 0.1) is 12.0 Å². The standard InChI is InChI=1S/C19H36N2O4Si/c1-18(2,3)24-17(23)21-12-13(25-26(7,8)19(4,5)6)11-15(21)14-9-10-20-16(14)22/h13-15H,9-12H2,1-8H3,(H,20,22)/t13-,14?,15+/m1/s1. The molecule has 0 bridgehead atoms. The molecule has 0 aromatic carbocycles. The molecule has 6 nitrogen and oxygen atoms in total. The number of ether oxygens (including phenoxy) is 1. The zero-order valence-electron chi connectivity index (χ0n) is 17.6. The summed E-state index contributed by atoms with van der Waals surface area (Å²) in [6.45, 7) is 17.8. The molecule has 2 amide bonds. The van der Waals surface area contributed by atoms with Gasteiger partial charge in [0.2, 0.25) is 5.91 Å². The van der Waals surface area contributed by atoms with Gasteiger partial charge in [0.25, 0.3) is 0 Å². The zero-order chi connectivity index (χ0) is 19.9. The number of nitrogens with one attached hydrogen (secondary N) is 1. The lowest BCUT2D eigenvalue weighted by Crippen LogP contribution is -2.46. The van der Waals surface area contributed by atoms with Gasteiger partial charge < -0.3 is 19.4 Å². The van der Waals surface area contributed by atoms with Crippen molar-refractivity contribution < 1.29 is 18.8 Å². The van der Waals surface area contributed by atoms with Crippen molar-refractivity contribution in [3.05, 3.63) is 0 Å². The van der Waals surface area contributed by atoms with Crippen LogP contribution in [0.1, 0.15) is 54.4 Å². The van der Waals surface area contributed by atoms with Gasteiger partial charge in [-0.05, 0) is 51.7 Å². The van der Waals surface area contributed by atoms with E-state index < -0.39 is 13.9 Å². The van der Waals surface area contributed by atoms with Gasteiger partial charge in [0.15, 0.2) is 8.32 Å². The second-order valence-corrected chi connectivity index (χ2v) is 14.9. The first kappa shape index (κ1) is 21.2. The molecule has 150 valence electrons. The van der Waals surface area contributed by atoms with Crippen LogP contribution in [0.4, 0.5) is 4.79 Å². The molecule has 2 aliphatic heterocycles. The SMILES string of the molecule is CC(C)(C)OC(=O)N1C[C@H](O[Si](C)(C)C(C)(C)C)C[C@H]1C1CCNC1=O. The summed E-state index contributed by atoms with van der Waals surface area (Å²) in [4.78, 5) is 26.7. The van der Waals surface area contributed by atoms with Gasteiger partial charge in [0, 0.05) is 19.1 Å². The number of hydrogen-bond donors (Lipinski definition) is 1. The van der Waals surface area contributed by atoms with E-state index >= 15 is 0 Å². The van der Waals surface area contributed by atoms with Gasteiger partial charge in [-0.25, -0.2) is 4.79 Å². The van der Waals surface area contributed by atoms with E-state index in [4.69, 9.17) is 9.16 Å². The van der Waals surface area contributed by atoms with E-state index in [0.29, 0.717) is 19.5 Å². The van der Waals surface area contributed by atoms with Crippen LogP contribution in [0.15, 0.2) is 0 Å². The molecule has 1 unspecified atom stereocenters. The van der Waals surface area contributed by atoms with Crippen molar-refractivity contribution in [3.63, 3.8) is 0 Å². The molecule has 2 rings (SSSR count). The summed E-state index contributed by atoms with van der Waals surface area (Å²) in [5.74, 6) is -0.132. The highest BCUT2D eigenvalue weighted by Gasteiger charge is 2.48. The fraction of sp³-hybridized carbons (Fsp3) is 0.895. The minimum atomic E-state index is -1.95. The van der Waals surface area contributed by atoms with Crippen molar-refractivity contribution in [2.75, 3.05) is 13.1 Å². The van der Waals surface area contributed by atoms with Gasteiger partial charge in [0.1, 0.15) is 5.60 Å². The number of carbonyl (C=O) groups is 2. The molecule has 0 aromatic rings. The van der Waals surface area contributed by atoms with Crippen LogP contribution in [0.3, 0.4) is 0 Å². The molecular weight excluding hydrogens is 348 g/mol. The van der Waals surface area contributed by atoms with Gasteiger partial charge in [-0.15, -0.1) is 0 Å². The number of carbonyl (C=O) groups excluding carboxylic acids is 2. The van der Waals surface area contributed by atoms with Crippen molar-refractivity contribution in [2.45, 2.75) is 90.3 Å². The summed E-state index contributed by atoms with van der Waals surface area (Å²) >= 11 is 0. The maximum atomic E-state index is 12.8. The first-order valence-electron chi connectivity index (χ1n) is 9.66. The van der Waals surface area contributed by atoms with Crippen molar-refractivity contribution >= 4 is 20.3 Å². The fourth-order valence-electron chi connectivity index (χ4n) is 3.40. The minimum absolute atomic E-state index is 0.0385. The van der Waals surface area contributed by atoms with E-state index in [2.05, 4.69) is 39.2 Å². The third kappa shape index (κ3) is 4.79. The first-order valence-corrected chi connectivity index (χ1v) is 12.6. The van der Waals surface area contributed by atoms with Gasteiger partial charge >= 0.3 is 6.09 Å². The van der Waals surface area contributed by atoms with Crippen LogP contribution >= 0.6 is 0 Å². The number of amides is 2. The Kier molecular flexibility index (Phi) is 5.83. The largest absolute Gasteiger partial charge is 0.444 e. The highest BCUT2D eigenvalue weighted by Crippen LogP contribution is 2.40. The lowest BCUT2D eigenvalue weighted by atomic mass is 9.96. The van der Waals surface area contributed by atoms with Gasteiger partial charge in [-0.1, -0.05) is 20.8 Å². The molecular formula is C19H36N2O4Si. The molecule has 0 aliphatic carbocycles. The van der Waals surface area contributed by atoms with E-state index in [0.717, 1.165) is 6.42 Å².